The van der Waals surface area contributed by atoms with Gasteiger partial charge in [-0.15, -0.1) is 0 Å². The Morgan fingerprint density at radius 2 is 2.23 bits per heavy atom. The SMILES string of the molecule is CC(C)(C(=O)O)N1CCCC(N)C1. The average molecular weight is 186 g/mol. The Labute approximate surface area is 78.7 Å². The Bertz CT molecular complexity index is 204. The van der Waals surface area contributed by atoms with Crippen LogP contribution in [-0.4, -0.2) is 40.6 Å². The summed E-state index contributed by atoms with van der Waals surface area (Å²) in [7, 11) is 0. The van der Waals surface area contributed by atoms with Gasteiger partial charge in [0.1, 0.15) is 5.54 Å². The topological polar surface area (TPSA) is 66.6 Å². The molecule has 0 saturated carbocycles. The van der Waals surface area contributed by atoms with E-state index in [1.165, 1.54) is 0 Å². The van der Waals surface area contributed by atoms with E-state index in [0.717, 1.165) is 19.4 Å². The van der Waals surface area contributed by atoms with Crippen molar-refractivity contribution in [1.82, 2.24) is 4.90 Å². The molecule has 0 aliphatic carbocycles. The minimum atomic E-state index is -0.780. The molecule has 0 amide bonds. The maximum Gasteiger partial charge on any atom is 0.323 e. The number of hydrogen-bond donors (Lipinski definition) is 2. The van der Waals surface area contributed by atoms with Gasteiger partial charge < -0.3 is 10.8 Å². The molecule has 1 aliphatic rings. The first-order chi connectivity index (χ1) is 5.94. The van der Waals surface area contributed by atoms with Gasteiger partial charge in [-0.25, -0.2) is 0 Å². The van der Waals surface area contributed by atoms with E-state index in [0.29, 0.717) is 6.54 Å². The van der Waals surface area contributed by atoms with Crippen LogP contribution in [0.25, 0.3) is 0 Å². The van der Waals surface area contributed by atoms with Gasteiger partial charge in [0.25, 0.3) is 0 Å². The van der Waals surface area contributed by atoms with Crippen molar-refractivity contribution in [3.63, 3.8) is 0 Å². The fraction of sp³-hybridized carbons (Fsp3) is 0.889. The van der Waals surface area contributed by atoms with Gasteiger partial charge in [0.2, 0.25) is 0 Å². The number of carbonyl (C=O) groups is 1. The van der Waals surface area contributed by atoms with Crippen molar-refractivity contribution in [2.24, 2.45) is 5.73 Å². The van der Waals surface area contributed by atoms with Gasteiger partial charge in [-0.1, -0.05) is 0 Å². The molecule has 4 nitrogen and oxygen atoms in total. The number of aliphatic carboxylic acids is 1. The fourth-order valence-corrected chi connectivity index (χ4v) is 1.65. The zero-order valence-corrected chi connectivity index (χ0v) is 8.29. The summed E-state index contributed by atoms with van der Waals surface area (Å²) >= 11 is 0. The van der Waals surface area contributed by atoms with Crippen LogP contribution in [0.15, 0.2) is 0 Å². The predicted octanol–water partition coefficient (Wildman–Crippen LogP) is 0.273. The highest BCUT2D eigenvalue weighted by Gasteiger charge is 2.36. The highest BCUT2D eigenvalue weighted by Crippen LogP contribution is 2.20. The molecular weight excluding hydrogens is 168 g/mol. The summed E-state index contributed by atoms with van der Waals surface area (Å²) in [5.41, 5.74) is 5.01. The standard InChI is InChI=1S/C9H18N2O2/c1-9(2,8(12)13)11-5-3-4-7(10)6-11/h7H,3-6,10H2,1-2H3,(H,12,13). The lowest BCUT2D eigenvalue weighted by Crippen LogP contribution is -2.56. The first kappa shape index (κ1) is 10.5. The second-order valence-corrected chi connectivity index (χ2v) is 4.21. The van der Waals surface area contributed by atoms with Crippen molar-refractivity contribution in [3.8, 4) is 0 Å². The molecule has 0 spiro atoms. The summed E-state index contributed by atoms with van der Waals surface area (Å²) in [5.74, 6) is -0.776. The maximum atomic E-state index is 10.9. The highest BCUT2D eigenvalue weighted by molar-refractivity contribution is 5.77. The van der Waals surface area contributed by atoms with Crippen molar-refractivity contribution in [2.75, 3.05) is 13.1 Å². The van der Waals surface area contributed by atoms with Crippen LogP contribution in [0.5, 0.6) is 0 Å². The zero-order chi connectivity index (χ0) is 10.1. The van der Waals surface area contributed by atoms with E-state index in [-0.39, 0.29) is 6.04 Å². The summed E-state index contributed by atoms with van der Waals surface area (Å²) in [4.78, 5) is 12.9. The van der Waals surface area contributed by atoms with Crippen LogP contribution < -0.4 is 5.73 Å². The monoisotopic (exact) mass is 186 g/mol. The highest BCUT2D eigenvalue weighted by atomic mass is 16.4. The number of piperidine rings is 1. The first-order valence-corrected chi connectivity index (χ1v) is 4.68. The maximum absolute atomic E-state index is 10.9. The summed E-state index contributed by atoms with van der Waals surface area (Å²) in [6.45, 7) is 4.99. The number of carboxylic acid groups (broad SMARTS) is 1. The van der Waals surface area contributed by atoms with E-state index in [9.17, 15) is 4.79 Å². The third kappa shape index (κ3) is 2.19. The van der Waals surface area contributed by atoms with Crippen molar-refractivity contribution < 1.29 is 9.90 Å². The van der Waals surface area contributed by atoms with Crippen LogP contribution >= 0.6 is 0 Å². The number of hydrogen-bond acceptors (Lipinski definition) is 3. The molecule has 0 bridgehead atoms. The van der Waals surface area contributed by atoms with Gasteiger partial charge in [0.15, 0.2) is 0 Å². The fourth-order valence-electron chi connectivity index (χ4n) is 1.65. The quantitative estimate of drug-likeness (QED) is 0.649. The molecule has 0 radical (unpaired) electrons. The van der Waals surface area contributed by atoms with E-state index in [4.69, 9.17) is 10.8 Å². The van der Waals surface area contributed by atoms with Gasteiger partial charge >= 0.3 is 5.97 Å². The summed E-state index contributed by atoms with van der Waals surface area (Å²) in [6, 6.07) is 0.132. The van der Waals surface area contributed by atoms with Crippen LogP contribution in [0.1, 0.15) is 26.7 Å². The number of nitrogens with zero attached hydrogens (tertiary/aromatic N) is 1. The minimum Gasteiger partial charge on any atom is -0.480 e. The van der Waals surface area contributed by atoms with Crippen molar-refractivity contribution >= 4 is 5.97 Å². The molecule has 1 atom stereocenters. The zero-order valence-electron chi connectivity index (χ0n) is 8.29. The lowest BCUT2D eigenvalue weighted by atomic mass is 9.97. The molecule has 1 rings (SSSR count). The second-order valence-electron chi connectivity index (χ2n) is 4.21. The number of rotatable bonds is 2. The largest absolute Gasteiger partial charge is 0.480 e. The van der Waals surface area contributed by atoms with Crippen LogP contribution in [0, 0.1) is 0 Å². The normalized spacial score (nSPS) is 25.9. The first-order valence-electron chi connectivity index (χ1n) is 4.68. The molecule has 1 fully saturated rings. The van der Waals surface area contributed by atoms with Gasteiger partial charge in [-0.3, -0.25) is 9.69 Å². The Balaban J connectivity index is 2.64. The van der Waals surface area contributed by atoms with Gasteiger partial charge in [0, 0.05) is 12.6 Å². The smallest absolute Gasteiger partial charge is 0.323 e. The Morgan fingerprint density at radius 1 is 1.62 bits per heavy atom. The van der Waals surface area contributed by atoms with Gasteiger partial charge in [-0.05, 0) is 33.2 Å². The number of likely N-dealkylation sites (tertiary alicyclic amines) is 1. The molecule has 0 aromatic rings. The van der Waals surface area contributed by atoms with E-state index >= 15 is 0 Å². The van der Waals surface area contributed by atoms with E-state index in [1.807, 2.05) is 4.90 Å². The molecule has 3 N–H and O–H groups in total. The lowest BCUT2D eigenvalue weighted by Gasteiger charge is -2.39. The average Bonchev–Trinajstić information content (AvgIpc) is 2.04. The molecule has 13 heavy (non-hydrogen) atoms. The Hall–Kier alpha value is -0.610. The van der Waals surface area contributed by atoms with Crippen molar-refractivity contribution in [1.29, 1.82) is 0 Å². The predicted molar refractivity (Wildman–Crippen MR) is 50.5 cm³/mol. The second kappa shape index (κ2) is 3.64. The molecular formula is C9H18N2O2. The molecule has 76 valence electrons. The summed E-state index contributed by atoms with van der Waals surface area (Å²) in [6.07, 6.45) is 2.00. The Kier molecular flexibility index (Phi) is 2.93. The summed E-state index contributed by atoms with van der Waals surface area (Å²) in [5, 5.41) is 9.00. The molecule has 1 unspecified atom stereocenters. The Morgan fingerprint density at radius 3 is 2.69 bits per heavy atom. The van der Waals surface area contributed by atoms with E-state index in [2.05, 4.69) is 0 Å². The molecule has 0 aromatic heterocycles. The molecule has 4 heteroatoms. The van der Waals surface area contributed by atoms with Gasteiger partial charge in [0.05, 0.1) is 0 Å². The third-order valence-electron chi connectivity index (χ3n) is 2.77. The van der Waals surface area contributed by atoms with Crippen LogP contribution in [-0.2, 0) is 4.79 Å². The number of carboxylic acids is 1. The molecule has 0 aromatic carbocycles. The third-order valence-corrected chi connectivity index (χ3v) is 2.77. The van der Waals surface area contributed by atoms with Gasteiger partial charge in [-0.2, -0.15) is 0 Å². The molecule has 1 saturated heterocycles. The number of nitrogens with two attached hydrogens (primary N) is 1. The van der Waals surface area contributed by atoms with Crippen molar-refractivity contribution in [2.45, 2.75) is 38.3 Å². The summed E-state index contributed by atoms with van der Waals surface area (Å²) < 4.78 is 0. The lowest BCUT2D eigenvalue weighted by molar-refractivity contribution is -0.150. The minimum absolute atomic E-state index is 0.132. The van der Waals surface area contributed by atoms with Crippen LogP contribution in [0.3, 0.4) is 0 Å². The van der Waals surface area contributed by atoms with Crippen LogP contribution in [0.4, 0.5) is 0 Å². The van der Waals surface area contributed by atoms with Crippen LogP contribution in [0.2, 0.25) is 0 Å². The molecule has 1 heterocycles. The molecule has 1 aliphatic heterocycles. The van der Waals surface area contributed by atoms with E-state index in [1.54, 1.807) is 13.8 Å². The van der Waals surface area contributed by atoms with E-state index < -0.39 is 11.5 Å². The van der Waals surface area contributed by atoms with Crippen molar-refractivity contribution in [3.05, 3.63) is 0 Å².